The van der Waals surface area contributed by atoms with Gasteiger partial charge in [0.1, 0.15) is 6.10 Å². The van der Waals surface area contributed by atoms with Gasteiger partial charge in [0.25, 0.3) is 0 Å². The number of hydrogen-bond acceptors (Lipinski definition) is 6. The summed E-state index contributed by atoms with van der Waals surface area (Å²) in [5.41, 5.74) is 3.40. The Hall–Kier alpha value is -3.53. The van der Waals surface area contributed by atoms with Crippen LogP contribution in [-0.2, 0) is 9.53 Å². The third-order valence-corrected chi connectivity index (χ3v) is 6.39. The van der Waals surface area contributed by atoms with Gasteiger partial charge in [0.2, 0.25) is 5.91 Å². The number of nitrogens with zero attached hydrogens (tertiary/aromatic N) is 3. The highest BCUT2D eigenvalue weighted by atomic mass is 16.5. The number of carboxylic acid groups (broad SMARTS) is 1. The molecule has 1 aliphatic heterocycles. The number of carboxylic acids is 1. The van der Waals surface area contributed by atoms with Crippen LogP contribution in [0.5, 0.6) is 0 Å². The third kappa shape index (κ3) is 7.25. The first-order chi connectivity index (χ1) is 17.9. The van der Waals surface area contributed by atoms with Crippen LogP contribution < -0.4 is 5.32 Å². The van der Waals surface area contributed by atoms with Crippen LogP contribution in [0, 0.1) is 0 Å². The number of fused-ring (bicyclic) bond motifs is 1. The Kier molecular flexibility index (Phi) is 9.05. The molecule has 9 nitrogen and oxygen atoms in total. The highest BCUT2D eigenvalue weighted by Crippen LogP contribution is 2.30. The molecule has 3 N–H and O–H groups in total. The number of ether oxygens (including phenoxy) is 1. The predicted octanol–water partition coefficient (Wildman–Crippen LogP) is 3.91. The molecule has 1 aromatic carbocycles. The molecule has 9 heteroatoms. The molecular weight excluding hydrogens is 470 g/mol. The molecule has 0 saturated carbocycles. The lowest BCUT2D eigenvalue weighted by atomic mass is 10.1. The van der Waals surface area contributed by atoms with Crippen LogP contribution in [0.3, 0.4) is 0 Å². The second kappa shape index (κ2) is 12.6. The summed E-state index contributed by atoms with van der Waals surface area (Å²) in [5, 5.41) is 12.5. The van der Waals surface area contributed by atoms with Crippen molar-refractivity contribution in [2.45, 2.75) is 25.4 Å². The molecule has 1 fully saturated rings. The lowest BCUT2D eigenvalue weighted by Crippen LogP contribution is -2.33. The zero-order valence-electron chi connectivity index (χ0n) is 21.4. The smallest absolute Gasteiger partial charge is 0.337 e. The van der Waals surface area contributed by atoms with Gasteiger partial charge in [-0.3, -0.25) is 9.78 Å². The largest absolute Gasteiger partial charge is 0.478 e. The SMILES string of the molecule is CN(C)C/C=C/C(=O)Nc1cccc(C(OCCN2CCCCC2)c2cc3nccc(C(=O)O)c3[nH]2)c1. The fourth-order valence-electron chi connectivity index (χ4n) is 4.55. The molecule has 3 aromatic rings. The summed E-state index contributed by atoms with van der Waals surface area (Å²) < 4.78 is 6.42. The van der Waals surface area contributed by atoms with Gasteiger partial charge in [0.15, 0.2) is 0 Å². The van der Waals surface area contributed by atoms with E-state index < -0.39 is 12.1 Å². The van der Waals surface area contributed by atoms with Crippen LogP contribution in [0.15, 0.2) is 54.7 Å². The van der Waals surface area contributed by atoms with Crippen LogP contribution in [0.1, 0.15) is 47.0 Å². The number of anilines is 1. The number of carbonyl (C=O) groups is 2. The molecule has 3 heterocycles. The molecule has 0 bridgehead atoms. The fourth-order valence-corrected chi connectivity index (χ4v) is 4.55. The van der Waals surface area contributed by atoms with E-state index in [9.17, 15) is 14.7 Å². The van der Waals surface area contributed by atoms with Crippen molar-refractivity contribution >= 4 is 28.6 Å². The number of carbonyl (C=O) groups excluding carboxylic acids is 1. The second-order valence-electron chi connectivity index (χ2n) is 9.58. The fraction of sp³-hybridized carbons (Fsp3) is 0.393. The first-order valence-electron chi connectivity index (χ1n) is 12.7. The lowest BCUT2D eigenvalue weighted by Gasteiger charge is -2.27. The Bertz CT molecular complexity index is 1250. The number of nitrogens with one attached hydrogen (secondary N) is 2. The highest BCUT2D eigenvalue weighted by Gasteiger charge is 2.21. The summed E-state index contributed by atoms with van der Waals surface area (Å²) in [4.78, 5) is 36.1. The Labute approximate surface area is 217 Å². The van der Waals surface area contributed by atoms with Crippen molar-refractivity contribution < 1.29 is 19.4 Å². The molecule has 0 aliphatic carbocycles. The number of benzene rings is 1. The first kappa shape index (κ1) is 26.5. The number of amides is 1. The topological polar surface area (TPSA) is 111 Å². The van der Waals surface area contributed by atoms with Crippen molar-refractivity contribution in [3.05, 3.63) is 71.6 Å². The van der Waals surface area contributed by atoms with Crippen LogP contribution in [0.25, 0.3) is 11.0 Å². The van der Waals surface area contributed by atoms with E-state index in [-0.39, 0.29) is 11.5 Å². The van der Waals surface area contributed by atoms with Gasteiger partial charge in [-0.15, -0.1) is 0 Å². The van der Waals surface area contributed by atoms with Crippen molar-refractivity contribution in [1.82, 2.24) is 19.8 Å². The minimum absolute atomic E-state index is 0.161. The summed E-state index contributed by atoms with van der Waals surface area (Å²) in [6, 6.07) is 10.9. The highest BCUT2D eigenvalue weighted by molar-refractivity contribution is 6.01. The third-order valence-electron chi connectivity index (χ3n) is 6.39. The monoisotopic (exact) mass is 505 g/mol. The Morgan fingerprint density at radius 3 is 2.78 bits per heavy atom. The zero-order chi connectivity index (χ0) is 26.2. The van der Waals surface area contributed by atoms with E-state index in [1.807, 2.05) is 55.4 Å². The van der Waals surface area contributed by atoms with Crippen LogP contribution in [0.4, 0.5) is 5.69 Å². The zero-order valence-corrected chi connectivity index (χ0v) is 21.4. The Morgan fingerprint density at radius 2 is 2.03 bits per heavy atom. The molecule has 1 unspecified atom stereocenters. The maximum Gasteiger partial charge on any atom is 0.337 e. The number of likely N-dealkylation sites (N-methyl/N-ethyl adjacent to an activating group) is 1. The molecule has 0 radical (unpaired) electrons. The number of aromatic amines is 1. The molecular formula is C28H35N5O4. The van der Waals surface area contributed by atoms with Crippen molar-refractivity contribution in [1.29, 1.82) is 0 Å². The van der Waals surface area contributed by atoms with Gasteiger partial charge in [0, 0.05) is 31.0 Å². The second-order valence-corrected chi connectivity index (χ2v) is 9.58. The maximum atomic E-state index is 12.4. The molecule has 1 atom stereocenters. The van der Waals surface area contributed by atoms with E-state index in [2.05, 4.69) is 20.2 Å². The standard InChI is InChI=1S/C28H35N5O4/c1-32(2)13-7-10-25(34)30-21-9-6-8-20(18-21)27(37-17-16-33-14-4-3-5-15-33)24-19-23-26(31-24)22(28(35)36)11-12-29-23/h6-12,18-19,27,31H,3-5,13-17H2,1-2H3,(H,30,34)(H,35,36)/b10-7+. The van der Waals surface area contributed by atoms with E-state index in [0.717, 1.165) is 25.2 Å². The molecule has 0 spiro atoms. The number of pyridine rings is 1. The van der Waals surface area contributed by atoms with E-state index in [1.165, 1.54) is 37.6 Å². The van der Waals surface area contributed by atoms with E-state index in [1.54, 1.807) is 0 Å². The molecule has 1 saturated heterocycles. The number of likely N-dealkylation sites (tertiary alicyclic amines) is 1. The van der Waals surface area contributed by atoms with Gasteiger partial charge in [-0.1, -0.05) is 24.6 Å². The van der Waals surface area contributed by atoms with Crippen LogP contribution in [0.2, 0.25) is 0 Å². The number of hydrogen-bond donors (Lipinski definition) is 3. The molecule has 1 amide bonds. The van der Waals surface area contributed by atoms with Gasteiger partial charge in [-0.05, 0) is 69.9 Å². The molecule has 1 aliphatic rings. The van der Waals surface area contributed by atoms with Crippen LogP contribution in [-0.4, -0.2) is 83.6 Å². The summed E-state index contributed by atoms with van der Waals surface area (Å²) in [6.07, 6.45) is 8.03. The Balaban J connectivity index is 1.58. The predicted molar refractivity (Wildman–Crippen MR) is 144 cm³/mol. The van der Waals surface area contributed by atoms with Gasteiger partial charge < -0.3 is 29.9 Å². The number of aromatic carboxylic acids is 1. The number of rotatable bonds is 11. The number of H-pyrrole nitrogens is 1. The number of piperidine rings is 1. The van der Waals surface area contributed by atoms with Gasteiger partial charge >= 0.3 is 5.97 Å². The van der Waals surface area contributed by atoms with Crippen molar-refractivity contribution in [3.63, 3.8) is 0 Å². The Morgan fingerprint density at radius 1 is 1.22 bits per heavy atom. The van der Waals surface area contributed by atoms with Gasteiger partial charge in [-0.25, -0.2) is 4.79 Å². The van der Waals surface area contributed by atoms with E-state index in [4.69, 9.17) is 4.74 Å². The molecule has 37 heavy (non-hydrogen) atoms. The summed E-state index contributed by atoms with van der Waals surface area (Å²) in [7, 11) is 3.88. The average Bonchev–Trinajstić information content (AvgIpc) is 3.31. The normalized spacial score (nSPS) is 15.4. The van der Waals surface area contributed by atoms with Crippen molar-refractivity contribution in [2.75, 3.05) is 52.2 Å². The summed E-state index contributed by atoms with van der Waals surface area (Å²) in [6.45, 7) is 4.17. The number of aromatic nitrogens is 2. The first-order valence-corrected chi connectivity index (χ1v) is 12.7. The van der Waals surface area contributed by atoms with E-state index in [0.29, 0.717) is 35.6 Å². The summed E-state index contributed by atoms with van der Waals surface area (Å²) >= 11 is 0. The minimum atomic E-state index is -1.02. The molecule has 4 rings (SSSR count). The van der Waals surface area contributed by atoms with Crippen molar-refractivity contribution in [3.8, 4) is 0 Å². The van der Waals surface area contributed by atoms with Crippen molar-refractivity contribution in [2.24, 2.45) is 0 Å². The molecule has 196 valence electrons. The van der Waals surface area contributed by atoms with Crippen LogP contribution >= 0.6 is 0 Å². The lowest BCUT2D eigenvalue weighted by molar-refractivity contribution is -0.111. The molecule has 2 aromatic heterocycles. The van der Waals surface area contributed by atoms with E-state index >= 15 is 0 Å². The quantitative estimate of drug-likeness (QED) is 0.339. The van der Waals surface area contributed by atoms with Gasteiger partial charge in [-0.2, -0.15) is 0 Å². The van der Waals surface area contributed by atoms with Gasteiger partial charge in [0.05, 0.1) is 28.9 Å². The average molecular weight is 506 g/mol. The minimum Gasteiger partial charge on any atom is -0.478 e. The maximum absolute atomic E-state index is 12.4. The summed E-state index contributed by atoms with van der Waals surface area (Å²) in [5.74, 6) is -1.22.